The summed E-state index contributed by atoms with van der Waals surface area (Å²) in [6.45, 7) is 10.4. The molecule has 0 radical (unpaired) electrons. The summed E-state index contributed by atoms with van der Waals surface area (Å²) in [5, 5.41) is 8.31. The lowest BCUT2D eigenvalue weighted by Crippen LogP contribution is -2.58. The highest BCUT2D eigenvalue weighted by Crippen LogP contribution is 2.11. The molecule has 1 rings (SSSR count). The summed E-state index contributed by atoms with van der Waals surface area (Å²) >= 11 is 0. The van der Waals surface area contributed by atoms with E-state index in [0.29, 0.717) is 25.1 Å². The van der Waals surface area contributed by atoms with Gasteiger partial charge in [-0.1, -0.05) is 53.9 Å². The predicted molar refractivity (Wildman–Crippen MR) is 156 cm³/mol. The quantitative estimate of drug-likeness (QED) is 0.0438. The van der Waals surface area contributed by atoms with Gasteiger partial charge in [-0.2, -0.15) is 0 Å². The Kier molecular flexibility index (Phi) is 16.7. The molecule has 1 unspecified atom stereocenters. The zero-order valence-corrected chi connectivity index (χ0v) is 25.1. The third kappa shape index (κ3) is 13.8. The van der Waals surface area contributed by atoms with Gasteiger partial charge in [-0.05, 0) is 37.6 Å². The Bertz CT molecular complexity index is 967. The number of unbranched alkanes of at least 4 members (excludes halogenated alkanes) is 3. The molecule has 41 heavy (non-hydrogen) atoms. The first-order valence-corrected chi connectivity index (χ1v) is 14.5. The molecule has 13 nitrogen and oxygen atoms in total. The maximum Gasteiger partial charge on any atom is 0.243 e. The van der Waals surface area contributed by atoms with Crippen LogP contribution in [0, 0.1) is 11.8 Å². The van der Waals surface area contributed by atoms with Crippen molar-refractivity contribution >= 4 is 29.3 Å². The Hall–Kier alpha value is -3.16. The number of nitrogens with two attached hydrogens (primary N) is 2. The fourth-order valence-corrected chi connectivity index (χ4v) is 4.43. The van der Waals surface area contributed by atoms with Crippen LogP contribution in [0.1, 0.15) is 85.3 Å². The van der Waals surface area contributed by atoms with Gasteiger partial charge in [0.15, 0.2) is 0 Å². The van der Waals surface area contributed by atoms with Crippen molar-refractivity contribution < 1.29 is 24.0 Å². The minimum atomic E-state index is -1.38. The standard InChI is InChI=1S/C28H50N8O5/c1-6-7-8-9-10-32-20(11-17(2)3)25(38)26(39)21(13-19-15-31-16-33-19)34-27(40)22(14-24(29)37)35-28(41)23(36-30)12-18(4)5/h15-18,20-23,32,36H,6-14,30H2,1-5H3,(H2,29,37)(H,31,33)(H,34,40)(H,35,41)/t20-,21-,22?,23-/m0/s1. The number of Topliss-reactive ketones (excluding diaryl/α,β-unsaturated/α-hetero) is 2. The fraction of sp³-hybridized carbons (Fsp3) is 0.714. The maximum atomic E-state index is 13.6. The second-order valence-electron chi connectivity index (χ2n) is 11.3. The van der Waals surface area contributed by atoms with E-state index in [-0.39, 0.29) is 18.3 Å². The molecule has 4 atom stereocenters. The van der Waals surface area contributed by atoms with E-state index in [0.717, 1.165) is 25.7 Å². The van der Waals surface area contributed by atoms with Crippen LogP contribution in [0.5, 0.6) is 0 Å². The van der Waals surface area contributed by atoms with E-state index < -0.39 is 59.9 Å². The lowest BCUT2D eigenvalue weighted by Gasteiger charge is -2.25. The van der Waals surface area contributed by atoms with Gasteiger partial charge in [-0.25, -0.2) is 10.4 Å². The summed E-state index contributed by atoms with van der Waals surface area (Å²) in [7, 11) is 0. The molecular weight excluding hydrogens is 528 g/mol. The zero-order chi connectivity index (χ0) is 30.9. The highest BCUT2D eigenvalue weighted by atomic mass is 16.2. The Morgan fingerprint density at radius 1 is 0.854 bits per heavy atom. The van der Waals surface area contributed by atoms with Gasteiger partial charge in [0.2, 0.25) is 29.3 Å². The normalized spacial score (nSPS) is 14.3. The first kappa shape index (κ1) is 35.9. The maximum absolute atomic E-state index is 13.6. The molecule has 0 aliphatic rings. The van der Waals surface area contributed by atoms with Gasteiger partial charge in [-0.15, -0.1) is 0 Å². The number of aromatic amines is 1. The number of hydrazine groups is 1. The average molecular weight is 579 g/mol. The van der Waals surface area contributed by atoms with Crippen LogP contribution in [0.25, 0.3) is 0 Å². The van der Waals surface area contributed by atoms with Gasteiger partial charge < -0.3 is 26.7 Å². The Balaban J connectivity index is 3.15. The molecule has 3 amide bonds. The molecule has 1 heterocycles. The van der Waals surface area contributed by atoms with Crippen molar-refractivity contribution in [2.24, 2.45) is 23.4 Å². The molecule has 0 aliphatic carbocycles. The lowest BCUT2D eigenvalue weighted by molar-refractivity contribution is -0.140. The number of carbonyl (C=O) groups is 5. The third-order valence-corrected chi connectivity index (χ3v) is 6.56. The van der Waals surface area contributed by atoms with Gasteiger partial charge in [0.05, 0.1) is 24.8 Å². The number of nitrogens with zero attached hydrogens (tertiary/aromatic N) is 1. The van der Waals surface area contributed by atoms with Gasteiger partial charge in [-0.3, -0.25) is 29.8 Å². The van der Waals surface area contributed by atoms with Crippen molar-refractivity contribution in [2.45, 2.75) is 110 Å². The zero-order valence-electron chi connectivity index (χ0n) is 25.1. The number of nitrogens with one attached hydrogen (secondary N) is 5. The number of rotatable bonds is 22. The molecule has 9 N–H and O–H groups in total. The SMILES string of the molecule is CCCCCCN[C@@H](CC(C)C)C(=O)C(=O)[C@H](Cc1cnc[nH]1)NC(=O)C(CC(N)=O)NC(=O)[C@H](CC(C)C)NN. The number of imidazole rings is 1. The second-order valence-corrected chi connectivity index (χ2v) is 11.3. The first-order chi connectivity index (χ1) is 19.4. The van der Waals surface area contributed by atoms with Gasteiger partial charge in [0.25, 0.3) is 0 Å². The minimum absolute atomic E-state index is 0.0429. The molecule has 232 valence electrons. The second kappa shape index (κ2) is 19.1. The number of H-pyrrole nitrogens is 1. The first-order valence-electron chi connectivity index (χ1n) is 14.5. The molecular formula is C28H50N8O5. The summed E-state index contributed by atoms with van der Waals surface area (Å²) in [5.74, 6) is 2.11. The van der Waals surface area contributed by atoms with Crippen LogP contribution < -0.4 is 33.0 Å². The van der Waals surface area contributed by atoms with Gasteiger partial charge in [0, 0.05) is 18.3 Å². The predicted octanol–water partition coefficient (Wildman–Crippen LogP) is 0.398. The number of amides is 3. The summed E-state index contributed by atoms with van der Waals surface area (Å²) in [6, 6.07) is -4.17. The van der Waals surface area contributed by atoms with Crippen molar-refractivity contribution in [2.75, 3.05) is 6.54 Å². The minimum Gasteiger partial charge on any atom is -0.370 e. The lowest BCUT2D eigenvalue weighted by atomic mass is 9.93. The van der Waals surface area contributed by atoms with Crippen molar-refractivity contribution in [1.82, 2.24) is 31.3 Å². The summed E-state index contributed by atoms with van der Waals surface area (Å²) < 4.78 is 0. The van der Waals surface area contributed by atoms with Gasteiger partial charge >= 0.3 is 0 Å². The average Bonchev–Trinajstić information content (AvgIpc) is 3.41. The Morgan fingerprint density at radius 2 is 1.44 bits per heavy atom. The van der Waals surface area contributed by atoms with Gasteiger partial charge in [0.1, 0.15) is 12.1 Å². The Labute approximate surface area is 243 Å². The number of primary amides is 1. The van der Waals surface area contributed by atoms with Crippen LogP contribution in [0.4, 0.5) is 0 Å². The molecule has 0 spiro atoms. The molecule has 13 heteroatoms. The van der Waals surface area contributed by atoms with Crippen LogP contribution in [-0.2, 0) is 30.4 Å². The monoisotopic (exact) mass is 578 g/mol. The highest BCUT2D eigenvalue weighted by Gasteiger charge is 2.35. The van der Waals surface area contributed by atoms with Crippen molar-refractivity contribution in [1.29, 1.82) is 0 Å². The highest BCUT2D eigenvalue weighted by molar-refractivity contribution is 6.41. The molecule has 0 saturated carbocycles. The fourth-order valence-electron chi connectivity index (χ4n) is 4.43. The topological polar surface area (TPSA) is 214 Å². The van der Waals surface area contributed by atoms with E-state index in [1.165, 1.54) is 12.5 Å². The van der Waals surface area contributed by atoms with E-state index >= 15 is 0 Å². The molecule has 0 bridgehead atoms. The van der Waals surface area contributed by atoms with Crippen molar-refractivity contribution in [3.05, 3.63) is 18.2 Å². The van der Waals surface area contributed by atoms with Crippen molar-refractivity contribution in [3.8, 4) is 0 Å². The van der Waals surface area contributed by atoms with Crippen LogP contribution in [-0.4, -0.2) is 70.0 Å². The molecule has 0 fully saturated rings. The largest absolute Gasteiger partial charge is 0.370 e. The summed E-state index contributed by atoms with van der Waals surface area (Å²) in [6.07, 6.45) is 7.25. The van der Waals surface area contributed by atoms with E-state index in [1.807, 2.05) is 27.7 Å². The van der Waals surface area contributed by atoms with Crippen LogP contribution in [0.3, 0.4) is 0 Å². The van der Waals surface area contributed by atoms with E-state index in [1.54, 1.807) is 0 Å². The van der Waals surface area contributed by atoms with E-state index in [2.05, 4.69) is 38.3 Å². The number of hydrogen-bond donors (Lipinski definition) is 7. The van der Waals surface area contributed by atoms with E-state index in [4.69, 9.17) is 11.6 Å². The number of aromatic nitrogens is 2. The Morgan fingerprint density at radius 3 is 1.98 bits per heavy atom. The molecule has 0 saturated heterocycles. The molecule has 1 aromatic heterocycles. The van der Waals surface area contributed by atoms with E-state index in [9.17, 15) is 24.0 Å². The number of carbonyl (C=O) groups excluding carboxylic acids is 5. The summed E-state index contributed by atoms with van der Waals surface area (Å²) in [4.78, 5) is 71.8. The smallest absolute Gasteiger partial charge is 0.243 e. The van der Waals surface area contributed by atoms with Crippen LogP contribution in [0.2, 0.25) is 0 Å². The molecule has 1 aromatic rings. The summed E-state index contributed by atoms with van der Waals surface area (Å²) in [5.41, 5.74) is 8.29. The molecule has 0 aromatic carbocycles. The number of hydrogen-bond acceptors (Lipinski definition) is 9. The van der Waals surface area contributed by atoms with Crippen LogP contribution in [0.15, 0.2) is 12.5 Å². The number of ketones is 2. The molecule has 0 aliphatic heterocycles. The van der Waals surface area contributed by atoms with Crippen LogP contribution >= 0.6 is 0 Å². The van der Waals surface area contributed by atoms with Crippen molar-refractivity contribution in [3.63, 3.8) is 0 Å². The third-order valence-electron chi connectivity index (χ3n) is 6.56.